The van der Waals surface area contributed by atoms with Crippen LogP contribution in [0.3, 0.4) is 0 Å². The first-order valence-corrected chi connectivity index (χ1v) is 7.67. The molecule has 0 spiro atoms. The third kappa shape index (κ3) is 3.19. The lowest BCUT2D eigenvalue weighted by Gasteiger charge is -2.18. The molecule has 1 aliphatic rings. The molecule has 0 unspecified atom stereocenters. The lowest BCUT2D eigenvalue weighted by atomic mass is 10.2. The first-order valence-electron chi connectivity index (χ1n) is 7.67. The number of ether oxygens (including phenoxy) is 1. The van der Waals surface area contributed by atoms with Crippen molar-refractivity contribution in [2.75, 3.05) is 11.5 Å². The van der Waals surface area contributed by atoms with Crippen molar-refractivity contribution in [2.45, 2.75) is 19.8 Å². The predicted molar refractivity (Wildman–Crippen MR) is 85.4 cm³/mol. The van der Waals surface area contributed by atoms with E-state index in [1.807, 2.05) is 0 Å². The Morgan fingerprint density at radius 3 is 2.71 bits per heavy atom. The van der Waals surface area contributed by atoms with Crippen LogP contribution in [0.15, 0.2) is 45.9 Å². The van der Waals surface area contributed by atoms with E-state index in [-0.39, 0.29) is 18.2 Å². The van der Waals surface area contributed by atoms with Crippen LogP contribution in [0.5, 0.6) is 0 Å². The van der Waals surface area contributed by atoms with Crippen LogP contribution in [0.2, 0.25) is 0 Å². The molecule has 1 aliphatic carbocycles. The molecule has 1 saturated carbocycles. The van der Waals surface area contributed by atoms with Gasteiger partial charge in [-0.05, 0) is 44.0 Å². The van der Waals surface area contributed by atoms with Gasteiger partial charge in [-0.1, -0.05) is 0 Å². The Bertz CT molecular complexity index is 811. The van der Waals surface area contributed by atoms with Gasteiger partial charge in [0.15, 0.2) is 0 Å². The fourth-order valence-corrected chi connectivity index (χ4v) is 2.25. The second kappa shape index (κ2) is 6.66. The summed E-state index contributed by atoms with van der Waals surface area (Å²) in [6.07, 6.45) is 3.70. The van der Waals surface area contributed by atoms with Crippen LogP contribution < -0.4 is 10.5 Å². The zero-order valence-electron chi connectivity index (χ0n) is 13.1. The molecule has 124 valence electrons. The Labute approximate surface area is 137 Å². The Hall–Kier alpha value is -2.96. The Balaban J connectivity index is 1.97. The summed E-state index contributed by atoms with van der Waals surface area (Å²) < 4.78 is 10.2. The largest absolute Gasteiger partial charge is 0.449 e. The average Bonchev–Trinajstić information content (AvgIpc) is 3.42. The van der Waals surface area contributed by atoms with Crippen LogP contribution >= 0.6 is 0 Å². The average molecular weight is 328 g/mol. The molecule has 2 amide bonds. The number of imide groups is 1. The first kappa shape index (κ1) is 15.9. The third-order valence-electron chi connectivity index (χ3n) is 3.59. The van der Waals surface area contributed by atoms with Crippen LogP contribution in [-0.4, -0.2) is 23.6 Å². The number of rotatable bonds is 4. The normalized spacial score (nSPS) is 13.4. The smallest absolute Gasteiger partial charge is 0.421 e. The van der Waals surface area contributed by atoms with Crippen molar-refractivity contribution in [1.82, 2.24) is 4.98 Å². The molecule has 0 radical (unpaired) electrons. The highest BCUT2D eigenvalue weighted by atomic mass is 16.6. The minimum absolute atomic E-state index is 0.104. The van der Waals surface area contributed by atoms with Crippen molar-refractivity contribution < 1.29 is 18.7 Å². The summed E-state index contributed by atoms with van der Waals surface area (Å²) in [6.45, 7) is 1.73. The maximum absolute atomic E-state index is 12.4. The number of anilines is 1. The number of hydrogen-bond donors (Lipinski definition) is 0. The fourth-order valence-electron chi connectivity index (χ4n) is 2.25. The van der Waals surface area contributed by atoms with Gasteiger partial charge in [0, 0.05) is 23.9 Å². The van der Waals surface area contributed by atoms with Crippen molar-refractivity contribution in [3.63, 3.8) is 0 Å². The number of carbonyl (C=O) groups is 2. The van der Waals surface area contributed by atoms with Gasteiger partial charge in [-0.2, -0.15) is 0 Å². The number of amides is 2. The highest BCUT2D eigenvalue weighted by Gasteiger charge is 2.39. The Morgan fingerprint density at radius 2 is 2.12 bits per heavy atom. The number of aromatic nitrogens is 1. The number of hydrogen-bond acceptors (Lipinski definition) is 6. The van der Waals surface area contributed by atoms with Gasteiger partial charge in [-0.15, -0.1) is 0 Å². The fraction of sp³-hybridized carbons (Fsp3) is 0.294. The second-order valence-electron chi connectivity index (χ2n) is 5.36. The molecule has 2 aromatic heterocycles. The molecule has 1 fully saturated rings. The molecule has 0 bridgehead atoms. The summed E-state index contributed by atoms with van der Waals surface area (Å²) in [4.78, 5) is 41.5. The quantitative estimate of drug-likeness (QED) is 0.857. The minimum Gasteiger partial charge on any atom is -0.449 e. The standard InChI is InChI=1S/C17H16N2O5/c1-2-23-17(22)19(15(20)11-5-6-11)13-7-8-14(24-16(13)21)12-4-3-9-18-10-12/h3-4,7-11H,2,5-6H2,1H3. The summed E-state index contributed by atoms with van der Waals surface area (Å²) in [5.74, 6) is -0.374. The summed E-state index contributed by atoms with van der Waals surface area (Å²) >= 11 is 0. The number of carbonyl (C=O) groups excluding carboxylic acids is 2. The van der Waals surface area contributed by atoms with E-state index in [0.29, 0.717) is 24.2 Å². The Morgan fingerprint density at radius 1 is 1.33 bits per heavy atom. The van der Waals surface area contributed by atoms with E-state index in [1.54, 1.807) is 31.5 Å². The molecule has 0 aliphatic heterocycles. The van der Waals surface area contributed by atoms with Crippen molar-refractivity contribution in [3.8, 4) is 11.3 Å². The maximum atomic E-state index is 12.4. The van der Waals surface area contributed by atoms with E-state index in [4.69, 9.17) is 9.15 Å². The van der Waals surface area contributed by atoms with Gasteiger partial charge in [0.05, 0.1) is 6.61 Å². The molecule has 24 heavy (non-hydrogen) atoms. The highest BCUT2D eigenvalue weighted by Crippen LogP contribution is 2.32. The molecule has 0 saturated heterocycles. The molecule has 3 rings (SSSR count). The van der Waals surface area contributed by atoms with Gasteiger partial charge >= 0.3 is 11.7 Å². The van der Waals surface area contributed by atoms with Crippen LogP contribution in [0, 0.1) is 5.92 Å². The molecule has 7 nitrogen and oxygen atoms in total. The zero-order valence-corrected chi connectivity index (χ0v) is 13.1. The molecule has 2 aromatic rings. The monoisotopic (exact) mass is 328 g/mol. The van der Waals surface area contributed by atoms with Crippen molar-refractivity contribution in [2.24, 2.45) is 5.92 Å². The minimum atomic E-state index is -0.865. The number of nitrogens with zero attached hydrogens (tertiary/aromatic N) is 2. The van der Waals surface area contributed by atoms with Gasteiger partial charge in [0.1, 0.15) is 11.4 Å². The highest BCUT2D eigenvalue weighted by molar-refractivity contribution is 6.13. The van der Waals surface area contributed by atoms with E-state index in [9.17, 15) is 14.4 Å². The molecular formula is C17H16N2O5. The summed E-state index contributed by atoms with van der Waals surface area (Å²) in [6, 6.07) is 6.37. The van der Waals surface area contributed by atoms with Gasteiger partial charge in [0.25, 0.3) is 0 Å². The summed E-state index contributed by atoms with van der Waals surface area (Å²) in [5.41, 5.74) is -0.297. The Kier molecular flexibility index (Phi) is 4.41. The molecule has 2 heterocycles. The van der Waals surface area contributed by atoms with Crippen molar-refractivity contribution in [3.05, 3.63) is 47.1 Å². The van der Waals surface area contributed by atoms with Crippen molar-refractivity contribution in [1.29, 1.82) is 0 Å². The van der Waals surface area contributed by atoms with Crippen LogP contribution in [0.4, 0.5) is 10.5 Å². The van der Waals surface area contributed by atoms with Crippen molar-refractivity contribution >= 4 is 17.7 Å². The van der Waals surface area contributed by atoms with E-state index < -0.39 is 17.6 Å². The molecule has 0 atom stereocenters. The zero-order chi connectivity index (χ0) is 17.1. The third-order valence-corrected chi connectivity index (χ3v) is 3.59. The van der Waals surface area contributed by atoms with Crippen LogP contribution in [0.1, 0.15) is 19.8 Å². The number of pyridine rings is 1. The SMILES string of the molecule is CCOC(=O)N(C(=O)C1CC1)c1ccc(-c2cccnc2)oc1=O. The summed E-state index contributed by atoms with van der Waals surface area (Å²) in [7, 11) is 0. The predicted octanol–water partition coefficient (Wildman–Crippen LogP) is 2.60. The van der Waals surface area contributed by atoms with Crippen LogP contribution in [-0.2, 0) is 9.53 Å². The van der Waals surface area contributed by atoms with E-state index in [0.717, 1.165) is 4.90 Å². The lowest BCUT2D eigenvalue weighted by Crippen LogP contribution is -2.41. The van der Waals surface area contributed by atoms with E-state index in [1.165, 1.54) is 12.1 Å². The first-order chi connectivity index (χ1) is 11.6. The van der Waals surface area contributed by atoms with Gasteiger partial charge in [-0.25, -0.2) is 14.5 Å². The lowest BCUT2D eigenvalue weighted by molar-refractivity contribution is -0.119. The maximum Gasteiger partial charge on any atom is 0.421 e. The van der Waals surface area contributed by atoms with E-state index >= 15 is 0 Å². The van der Waals surface area contributed by atoms with E-state index in [2.05, 4.69) is 4.98 Å². The van der Waals surface area contributed by atoms with Gasteiger partial charge in [-0.3, -0.25) is 9.78 Å². The van der Waals surface area contributed by atoms with Gasteiger partial charge < -0.3 is 9.15 Å². The molecule has 0 aromatic carbocycles. The topological polar surface area (TPSA) is 89.7 Å². The second-order valence-corrected chi connectivity index (χ2v) is 5.36. The van der Waals surface area contributed by atoms with Crippen LogP contribution in [0.25, 0.3) is 11.3 Å². The summed E-state index contributed by atoms with van der Waals surface area (Å²) in [5, 5.41) is 0. The molecule has 0 N–H and O–H groups in total. The molecular weight excluding hydrogens is 312 g/mol. The van der Waals surface area contributed by atoms with Gasteiger partial charge in [0.2, 0.25) is 5.91 Å². The molecule has 7 heteroatoms.